The summed E-state index contributed by atoms with van der Waals surface area (Å²) in [6, 6.07) is 0. The smallest absolute Gasteiger partial charge is 0.331 e. The standard InChI is InChI=1S/C12H17N3O4/c1-3-6-15-11(18)9(10(17)14-12(15)19)8(4-2)13-5-7-16/h3,16,18H,1,4-7H2,2H3,(H,14,17,19). The van der Waals surface area contributed by atoms with Crippen LogP contribution in [0.4, 0.5) is 0 Å². The Kier molecular flexibility index (Phi) is 5.25. The van der Waals surface area contributed by atoms with Gasteiger partial charge >= 0.3 is 5.69 Å². The fourth-order valence-corrected chi connectivity index (χ4v) is 1.67. The molecule has 19 heavy (non-hydrogen) atoms. The number of aromatic nitrogens is 2. The number of hydrogen-bond donors (Lipinski definition) is 3. The summed E-state index contributed by atoms with van der Waals surface area (Å²) in [5.41, 5.74) is -1.10. The topological polar surface area (TPSA) is 108 Å². The zero-order valence-corrected chi connectivity index (χ0v) is 10.7. The van der Waals surface area contributed by atoms with Gasteiger partial charge in [0.05, 0.1) is 18.9 Å². The highest BCUT2D eigenvalue weighted by atomic mass is 16.3. The van der Waals surface area contributed by atoms with E-state index in [9.17, 15) is 14.7 Å². The molecule has 0 amide bonds. The molecule has 0 radical (unpaired) electrons. The summed E-state index contributed by atoms with van der Waals surface area (Å²) in [6.07, 6.45) is 1.82. The van der Waals surface area contributed by atoms with Crippen LogP contribution in [0.3, 0.4) is 0 Å². The molecule has 1 aromatic rings. The summed E-state index contributed by atoms with van der Waals surface area (Å²) < 4.78 is 0.994. The molecule has 0 unspecified atom stereocenters. The van der Waals surface area contributed by atoms with E-state index in [2.05, 4.69) is 16.6 Å². The number of allylic oxidation sites excluding steroid dienone is 1. The van der Waals surface area contributed by atoms with Crippen molar-refractivity contribution in [2.45, 2.75) is 19.9 Å². The van der Waals surface area contributed by atoms with Crippen LogP contribution in [0.1, 0.15) is 18.9 Å². The van der Waals surface area contributed by atoms with Crippen LogP contribution in [0.2, 0.25) is 0 Å². The lowest BCUT2D eigenvalue weighted by molar-refractivity contribution is 0.307. The molecule has 0 saturated heterocycles. The van der Waals surface area contributed by atoms with Crippen molar-refractivity contribution >= 4 is 5.71 Å². The minimum atomic E-state index is -0.705. The van der Waals surface area contributed by atoms with Crippen LogP contribution in [0, 0.1) is 0 Å². The van der Waals surface area contributed by atoms with E-state index in [0.717, 1.165) is 4.57 Å². The molecule has 0 aliphatic rings. The van der Waals surface area contributed by atoms with Gasteiger partial charge in [0.15, 0.2) is 0 Å². The normalized spacial score (nSPS) is 11.6. The Morgan fingerprint density at radius 1 is 1.53 bits per heavy atom. The van der Waals surface area contributed by atoms with Crippen molar-refractivity contribution in [3.05, 3.63) is 39.1 Å². The predicted octanol–water partition coefficient (Wildman–Crippen LogP) is -0.380. The Morgan fingerprint density at radius 2 is 2.21 bits per heavy atom. The van der Waals surface area contributed by atoms with Crippen molar-refractivity contribution in [1.29, 1.82) is 0 Å². The maximum atomic E-state index is 11.8. The summed E-state index contributed by atoms with van der Waals surface area (Å²) in [5.74, 6) is -0.438. The fourth-order valence-electron chi connectivity index (χ4n) is 1.67. The van der Waals surface area contributed by atoms with E-state index in [0.29, 0.717) is 12.1 Å². The van der Waals surface area contributed by atoms with Crippen molar-refractivity contribution in [2.24, 2.45) is 4.99 Å². The zero-order chi connectivity index (χ0) is 14.4. The Morgan fingerprint density at radius 3 is 2.74 bits per heavy atom. The van der Waals surface area contributed by atoms with E-state index in [4.69, 9.17) is 5.11 Å². The van der Waals surface area contributed by atoms with Crippen LogP contribution >= 0.6 is 0 Å². The van der Waals surface area contributed by atoms with Gasteiger partial charge in [-0.1, -0.05) is 13.0 Å². The molecule has 7 heteroatoms. The number of nitrogens with one attached hydrogen (secondary N) is 1. The molecule has 7 nitrogen and oxygen atoms in total. The third-order valence-electron chi connectivity index (χ3n) is 2.51. The third-order valence-corrected chi connectivity index (χ3v) is 2.51. The lowest BCUT2D eigenvalue weighted by Gasteiger charge is -2.10. The van der Waals surface area contributed by atoms with E-state index in [1.807, 2.05) is 0 Å². The first kappa shape index (κ1) is 14.9. The summed E-state index contributed by atoms with van der Waals surface area (Å²) in [7, 11) is 0. The molecule has 0 aromatic carbocycles. The first-order valence-corrected chi connectivity index (χ1v) is 5.88. The number of aromatic amines is 1. The molecule has 0 fully saturated rings. The van der Waals surface area contributed by atoms with Crippen molar-refractivity contribution in [1.82, 2.24) is 9.55 Å². The second-order valence-electron chi connectivity index (χ2n) is 3.76. The van der Waals surface area contributed by atoms with Gasteiger partial charge in [-0.25, -0.2) is 4.79 Å². The molecule has 0 saturated carbocycles. The van der Waals surface area contributed by atoms with Gasteiger partial charge in [-0.15, -0.1) is 6.58 Å². The van der Waals surface area contributed by atoms with Crippen LogP contribution in [-0.4, -0.2) is 38.6 Å². The maximum absolute atomic E-state index is 11.8. The van der Waals surface area contributed by atoms with Gasteiger partial charge in [0.2, 0.25) is 5.88 Å². The fraction of sp³-hybridized carbons (Fsp3) is 0.417. The van der Waals surface area contributed by atoms with Crippen LogP contribution < -0.4 is 11.2 Å². The zero-order valence-electron chi connectivity index (χ0n) is 10.7. The molecule has 0 bridgehead atoms. The average molecular weight is 267 g/mol. The van der Waals surface area contributed by atoms with Gasteiger partial charge in [-0.2, -0.15) is 0 Å². The van der Waals surface area contributed by atoms with Crippen LogP contribution in [0.15, 0.2) is 27.2 Å². The summed E-state index contributed by atoms with van der Waals surface area (Å²) in [6.45, 7) is 5.28. The van der Waals surface area contributed by atoms with Crippen molar-refractivity contribution in [2.75, 3.05) is 13.2 Å². The first-order valence-electron chi connectivity index (χ1n) is 5.88. The van der Waals surface area contributed by atoms with Crippen LogP contribution in [0.25, 0.3) is 0 Å². The van der Waals surface area contributed by atoms with Gasteiger partial charge in [0, 0.05) is 6.54 Å². The molecule has 0 aliphatic heterocycles. The Bertz CT molecular complexity index is 598. The second kappa shape index (κ2) is 6.69. The Hall–Kier alpha value is -2.15. The van der Waals surface area contributed by atoms with Gasteiger partial charge in [0.1, 0.15) is 5.56 Å². The van der Waals surface area contributed by atoms with Crippen LogP contribution in [-0.2, 0) is 6.54 Å². The minimum absolute atomic E-state index is 0.0441. The number of hydrogen-bond acceptors (Lipinski definition) is 5. The molecule has 1 heterocycles. The van der Waals surface area contributed by atoms with E-state index >= 15 is 0 Å². The van der Waals surface area contributed by atoms with Crippen LogP contribution in [0.5, 0.6) is 5.88 Å². The van der Waals surface area contributed by atoms with Gasteiger partial charge in [0.25, 0.3) is 5.56 Å². The number of aliphatic imine (C=N–C) groups is 1. The predicted molar refractivity (Wildman–Crippen MR) is 72.0 cm³/mol. The number of H-pyrrole nitrogens is 1. The van der Waals surface area contributed by atoms with E-state index in [1.165, 1.54) is 6.08 Å². The number of rotatable bonds is 6. The molecule has 104 valence electrons. The molecular weight excluding hydrogens is 250 g/mol. The molecule has 0 aliphatic carbocycles. The largest absolute Gasteiger partial charge is 0.494 e. The average Bonchev–Trinajstić information content (AvgIpc) is 2.38. The molecule has 1 rings (SSSR count). The van der Waals surface area contributed by atoms with Gasteiger partial charge in [-0.05, 0) is 6.42 Å². The van der Waals surface area contributed by atoms with Gasteiger partial charge in [-0.3, -0.25) is 19.3 Å². The van der Waals surface area contributed by atoms with Crippen molar-refractivity contribution in [3.63, 3.8) is 0 Å². The molecule has 3 N–H and O–H groups in total. The second-order valence-corrected chi connectivity index (χ2v) is 3.76. The van der Waals surface area contributed by atoms with E-state index < -0.39 is 17.1 Å². The number of aliphatic hydroxyl groups excluding tert-OH is 1. The van der Waals surface area contributed by atoms with Crippen molar-refractivity contribution in [3.8, 4) is 5.88 Å². The molecule has 0 atom stereocenters. The van der Waals surface area contributed by atoms with Gasteiger partial charge < -0.3 is 10.2 Å². The molecular formula is C12H17N3O4. The molecule has 0 spiro atoms. The monoisotopic (exact) mass is 267 g/mol. The third kappa shape index (κ3) is 3.19. The summed E-state index contributed by atoms with van der Waals surface area (Å²) >= 11 is 0. The SMILES string of the molecule is C=CCn1c(O)c(C(CC)=NCCO)c(=O)[nH]c1=O. The van der Waals surface area contributed by atoms with E-state index in [-0.39, 0.29) is 25.3 Å². The maximum Gasteiger partial charge on any atom is 0.331 e. The Labute approximate surface area is 109 Å². The number of aromatic hydroxyl groups is 1. The Balaban J connectivity index is 3.50. The van der Waals surface area contributed by atoms with Crippen molar-refractivity contribution < 1.29 is 10.2 Å². The van der Waals surface area contributed by atoms with E-state index in [1.54, 1.807) is 6.92 Å². The lowest BCUT2D eigenvalue weighted by Crippen LogP contribution is -2.33. The highest BCUT2D eigenvalue weighted by Gasteiger charge is 2.17. The number of nitrogens with zero attached hydrogens (tertiary/aromatic N) is 2. The first-order chi connectivity index (χ1) is 9.06. The number of aliphatic hydroxyl groups is 1. The lowest BCUT2D eigenvalue weighted by atomic mass is 10.1. The quantitative estimate of drug-likeness (QED) is 0.482. The molecule has 1 aromatic heterocycles. The minimum Gasteiger partial charge on any atom is -0.494 e. The highest BCUT2D eigenvalue weighted by Crippen LogP contribution is 2.13. The summed E-state index contributed by atoms with van der Waals surface area (Å²) in [5, 5.41) is 18.8. The highest BCUT2D eigenvalue weighted by molar-refractivity contribution is 6.01. The summed E-state index contributed by atoms with van der Waals surface area (Å²) in [4.78, 5) is 29.5.